The van der Waals surface area contributed by atoms with Gasteiger partial charge in [0.15, 0.2) is 5.96 Å². The zero-order valence-corrected chi connectivity index (χ0v) is 17.7. The van der Waals surface area contributed by atoms with Crippen molar-refractivity contribution >= 4 is 36.0 Å². The normalized spacial score (nSPS) is 11.7. The first kappa shape index (κ1) is 24.5. The molecule has 0 atom stereocenters. The standard InChI is InChI=1S/C15H33N5O2.HI/c1-7-20(6)12-11-18-13(16-5)17-9-8-10-19-14(21)22-15(2,3)4;/h7-12H2,1-6H3,(H,19,21)(H2,16,17,18);1H. The molecule has 0 heterocycles. The first-order valence-corrected chi connectivity index (χ1v) is 7.88. The van der Waals surface area contributed by atoms with Gasteiger partial charge in [0.05, 0.1) is 0 Å². The van der Waals surface area contributed by atoms with E-state index in [-0.39, 0.29) is 30.1 Å². The fraction of sp³-hybridized carbons (Fsp3) is 0.867. The van der Waals surface area contributed by atoms with Crippen LogP contribution in [0.25, 0.3) is 0 Å². The molecular formula is C15H34IN5O2. The largest absolute Gasteiger partial charge is 0.444 e. The molecule has 0 aliphatic carbocycles. The minimum atomic E-state index is -0.458. The van der Waals surface area contributed by atoms with Gasteiger partial charge in [-0.25, -0.2) is 4.79 Å². The Hall–Kier alpha value is -0.770. The maximum Gasteiger partial charge on any atom is 0.407 e. The molecule has 0 aromatic carbocycles. The highest BCUT2D eigenvalue weighted by Crippen LogP contribution is 2.06. The van der Waals surface area contributed by atoms with Crippen LogP contribution in [-0.4, -0.2) is 69.4 Å². The Morgan fingerprint density at radius 1 is 1.13 bits per heavy atom. The van der Waals surface area contributed by atoms with Gasteiger partial charge in [-0.1, -0.05) is 6.92 Å². The number of guanidine groups is 1. The topological polar surface area (TPSA) is 78.0 Å². The van der Waals surface area contributed by atoms with Crippen LogP contribution >= 0.6 is 24.0 Å². The Kier molecular flexibility index (Phi) is 14.5. The molecule has 0 aliphatic heterocycles. The number of hydrogen-bond acceptors (Lipinski definition) is 4. The van der Waals surface area contributed by atoms with Crippen molar-refractivity contribution in [3.63, 3.8) is 0 Å². The molecule has 0 unspecified atom stereocenters. The average molecular weight is 443 g/mol. The molecule has 0 bridgehead atoms. The molecule has 0 saturated heterocycles. The quantitative estimate of drug-likeness (QED) is 0.230. The lowest BCUT2D eigenvalue weighted by molar-refractivity contribution is 0.0527. The van der Waals surface area contributed by atoms with E-state index in [9.17, 15) is 4.79 Å². The van der Waals surface area contributed by atoms with Crippen LogP contribution in [0.15, 0.2) is 4.99 Å². The second-order valence-corrected chi connectivity index (χ2v) is 6.10. The molecule has 8 heteroatoms. The van der Waals surface area contributed by atoms with Crippen LogP contribution in [0.5, 0.6) is 0 Å². The van der Waals surface area contributed by atoms with Crippen LogP contribution < -0.4 is 16.0 Å². The summed E-state index contributed by atoms with van der Waals surface area (Å²) in [5.41, 5.74) is -0.458. The smallest absolute Gasteiger partial charge is 0.407 e. The van der Waals surface area contributed by atoms with Gasteiger partial charge in [-0.2, -0.15) is 0 Å². The number of rotatable bonds is 8. The number of nitrogens with zero attached hydrogens (tertiary/aromatic N) is 2. The molecule has 0 aromatic heterocycles. The summed E-state index contributed by atoms with van der Waals surface area (Å²) in [5, 5.41) is 9.19. The summed E-state index contributed by atoms with van der Waals surface area (Å²) in [5.74, 6) is 0.779. The fourth-order valence-electron chi connectivity index (χ4n) is 1.54. The highest BCUT2D eigenvalue weighted by atomic mass is 127. The number of alkyl carbamates (subject to hydrolysis) is 1. The van der Waals surface area contributed by atoms with Gasteiger partial charge in [0, 0.05) is 33.2 Å². The SMILES string of the molecule is CCN(C)CCNC(=NC)NCCCNC(=O)OC(C)(C)C.I. The van der Waals surface area contributed by atoms with Gasteiger partial charge in [-0.3, -0.25) is 4.99 Å². The summed E-state index contributed by atoms with van der Waals surface area (Å²) in [4.78, 5) is 17.8. The summed E-state index contributed by atoms with van der Waals surface area (Å²) in [6.07, 6.45) is 0.423. The first-order valence-electron chi connectivity index (χ1n) is 7.88. The van der Waals surface area contributed by atoms with Crippen molar-refractivity contribution in [3.8, 4) is 0 Å². The summed E-state index contributed by atoms with van der Waals surface area (Å²) in [6, 6.07) is 0. The van der Waals surface area contributed by atoms with Crippen molar-refractivity contribution in [1.29, 1.82) is 0 Å². The van der Waals surface area contributed by atoms with Gasteiger partial charge in [-0.15, -0.1) is 24.0 Å². The van der Waals surface area contributed by atoms with Crippen LogP contribution in [0, 0.1) is 0 Å². The fourth-order valence-corrected chi connectivity index (χ4v) is 1.54. The Morgan fingerprint density at radius 3 is 2.22 bits per heavy atom. The second-order valence-electron chi connectivity index (χ2n) is 6.10. The van der Waals surface area contributed by atoms with Gasteiger partial charge < -0.3 is 25.6 Å². The first-order chi connectivity index (χ1) is 10.3. The number of amides is 1. The van der Waals surface area contributed by atoms with Gasteiger partial charge in [0.25, 0.3) is 0 Å². The molecule has 23 heavy (non-hydrogen) atoms. The third-order valence-corrected chi connectivity index (χ3v) is 2.86. The van der Waals surface area contributed by atoms with Crippen LogP contribution in [0.4, 0.5) is 4.79 Å². The second kappa shape index (κ2) is 13.6. The van der Waals surface area contributed by atoms with E-state index >= 15 is 0 Å². The van der Waals surface area contributed by atoms with Crippen molar-refractivity contribution in [3.05, 3.63) is 0 Å². The van der Waals surface area contributed by atoms with Crippen LogP contribution in [0.3, 0.4) is 0 Å². The highest BCUT2D eigenvalue weighted by molar-refractivity contribution is 14.0. The lowest BCUT2D eigenvalue weighted by Crippen LogP contribution is -2.42. The number of halogens is 1. The van der Waals surface area contributed by atoms with E-state index in [0.29, 0.717) is 6.54 Å². The minimum absolute atomic E-state index is 0. The van der Waals surface area contributed by atoms with Crippen molar-refractivity contribution in [1.82, 2.24) is 20.9 Å². The van der Waals surface area contributed by atoms with Crippen LogP contribution in [0.1, 0.15) is 34.1 Å². The Labute approximate surface area is 158 Å². The van der Waals surface area contributed by atoms with E-state index < -0.39 is 5.60 Å². The maximum absolute atomic E-state index is 11.5. The molecule has 0 aliphatic rings. The molecule has 0 spiro atoms. The number of aliphatic imine (C=N–C) groups is 1. The average Bonchev–Trinajstić information content (AvgIpc) is 2.42. The molecule has 1 amide bonds. The highest BCUT2D eigenvalue weighted by Gasteiger charge is 2.15. The van der Waals surface area contributed by atoms with Crippen LogP contribution in [0.2, 0.25) is 0 Å². The molecule has 0 saturated carbocycles. The lowest BCUT2D eigenvalue weighted by Gasteiger charge is -2.19. The minimum Gasteiger partial charge on any atom is -0.444 e. The monoisotopic (exact) mass is 443 g/mol. The zero-order valence-electron chi connectivity index (χ0n) is 15.4. The lowest BCUT2D eigenvalue weighted by atomic mass is 10.2. The van der Waals surface area contributed by atoms with Gasteiger partial charge in [0.2, 0.25) is 0 Å². The Balaban J connectivity index is 0. The van der Waals surface area contributed by atoms with Crippen LogP contribution in [-0.2, 0) is 4.74 Å². The van der Waals surface area contributed by atoms with E-state index in [2.05, 4.69) is 39.8 Å². The number of ether oxygens (including phenoxy) is 1. The Bertz CT molecular complexity index is 345. The number of carbonyl (C=O) groups is 1. The van der Waals surface area contributed by atoms with Gasteiger partial charge in [0.1, 0.15) is 5.60 Å². The van der Waals surface area contributed by atoms with E-state index in [4.69, 9.17) is 4.74 Å². The summed E-state index contributed by atoms with van der Waals surface area (Å²) in [6.45, 7) is 11.8. The summed E-state index contributed by atoms with van der Waals surface area (Å²) in [7, 11) is 3.83. The predicted octanol–water partition coefficient (Wildman–Crippen LogP) is 1.64. The molecular weight excluding hydrogens is 409 g/mol. The molecule has 0 fully saturated rings. The number of carbonyl (C=O) groups excluding carboxylic acids is 1. The predicted molar refractivity (Wildman–Crippen MR) is 107 cm³/mol. The van der Waals surface area contributed by atoms with Gasteiger partial charge >= 0.3 is 6.09 Å². The van der Waals surface area contributed by atoms with E-state index in [1.54, 1.807) is 7.05 Å². The molecule has 0 rings (SSSR count). The van der Waals surface area contributed by atoms with E-state index in [1.807, 2.05) is 20.8 Å². The number of nitrogens with one attached hydrogen (secondary N) is 3. The van der Waals surface area contributed by atoms with E-state index in [0.717, 1.165) is 38.6 Å². The summed E-state index contributed by atoms with van der Waals surface area (Å²) < 4.78 is 5.16. The zero-order chi connectivity index (χ0) is 17.0. The third kappa shape index (κ3) is 15.9. The molecule has 0 radical (unpaired) electrons. The van der Waals surface area contributed by atoms with Crippen molar-refractivity contribution in [2.24, 2.45) is 4.99 Å². The number of likely N-dealkylation sites (N-methyl/N-ethyl adjacent to an activating group) is 1. The molecule has 0 aromatic rings. The van der Waals surface area contributed by atoms with Crippen molar-refractivity contribution < 1.29 is 9.53 Å². The molecule has 3 N–H and O–H groups in total. The number of hydrogen-bond donors (Lipinski definition) is 3. The molecule has 138 valence electrons. The third-order valence-electron chi connectivity index (χ3n) is 2.86. The Morgan fingerprint density at radius 2 is 1.70 bits per heavy atom. The maximum atomic E-state index is 11.5. The van der Waals surface area contributed by atoms with E-state index in [1.165, 1.54) is 0 Å². The molecule has 7 nitrogen and oxygen atoms in total. The van der Waals surface area contributed by atoms with Crippen molar-refractivity contribution in [2.75, 3.05) is 46.8 Å². The van der Waals surface area contributed by atoms with Gasteiger partial charge in [-0.05, 0) is 40.8 Å². The summed E-state index contributed by atoms with van der Waals surface area (Å²) >= 11 is 0. The van der Waals surface area contributed by atoms with Crippen molar-refractivity contribution in [2.45, 2.75) is 39.7 Å².